The van der Waals surface area contributed by atoms with Gasteiger partial charge in [0.2, 0.25) is 0 Å². The van der Waals surface area contributed by atoms with Crippen LogP contribution >= 0.6 is 0 Å². The molecule has 0 saturated heterocycles. The third-order valence-electron chi connectivity index (χ3n) is 2.83. The van der Waals surface area contributed by atoms with Crippen molar-refractivity contribution in [1.29, 1.82) is 0 Å². The second-order valence-electron chi connectivity index (χ2n) is 4.16. The van der Waals surface area contributed by atoms with Crippen LogP contribution in [0.25, 0.3) is 10.9 Å². The lowest BCUT2D eigenvalue weighted by Crippen LogP contribution is -2.35. The number of hydrogen-bond acceptors (Lipinski definition) is 1. The van der Waals surface area contributed by atoms with Gasteiger partial charge in [-0.2, -0.15) is 0 Å². The van der Waals surface area contributed by atoms with Crippen LogP contribution in [0.3, 0.4) is 0 Å². The molecule has 0 saturated carbocycles. The maximum atomic E-state index is 11.7. The molecule has 0 unspecified atom stereocenters. The first-order valence-electron chi connectivity index (χ1n) is 5.84. The fraction of sp³-hybridized carbons (Fsp3) is 0.308. The van der Waals surface area contributed by atoms with Gasteiger partial charge < -0.3 is 15.6 Å². The molecule has 4 nitrogen and oxygen atoms in total. The molecule has 1 aromatic carbocycles. The van der Waals surface area contributed by atoms with Crippen LogP contribution in [0.15, 0.2) is 30.5 Å². The van der Waals surface area contributed by atoms with Gasteiger partial charge in [-0.05, 0) is 19.4 Å². The smallest absolute Gasteiger partial charge is 0.319 e. The number of carbonyl (C=O) groups is 1. The summed E-state index contributed by atoms with van der Waals surface area (Å²) in [6.45, 7) is 4.02. The molecule has 1 heterocycles. The van der Waals surface area contributed by atoms with Gasteiger partial charge in [-0.1, -0.05) is 25.1 Å². The van der Waals surface area contributed by atoms with Crippen molar-refractivity contribution in [3.05, 3.63) is 30.5 Å². The molecule has 2 aromatic rings. The average Bonchev–Trinajstić information content (AvgIpc) is 2.72. The van der Waals surface area contributed by atoms with Crippen molar-refractivity contribution in [2.75, 3.05) is 5.32 Å². The van der Waals surface area contributed by atoms with Gasteiger partial charge in [0.25, 0.3) is 0 Å². The molecule has 17 heavy (non-hydrogen) atoms. The van der Waals surface area contributed by atoms with Crippen molar-refractivity contribution in [2.45, 2.75) is 26.3 Å². The predicted molar refractivity (Wildman–Crippen MR) is 70.2 cm³/mol. The minimum atomic E-state index is -0.163. The number of fused-ring (bicyclic) bond motifs is 1. The lowest BCUT2D eigenvalue weighted by atomic mass is 10.2. The minimum Gasteiger partial charge on any atom is -0.359 e. The third-order valence-corrected chi connectivity index (χ3v) is 2.83. The number of aromatic amines is 1. The Hall–Kier alpha value is -1.97. The molecule has 0 aliphatic heterocycles. The summed E-state index contributed by atoms with van der Waals surface area (Å²) < 4.78 is 0. The van der Waals surface area contributed by atoms with Gasteiger partial charge in [0.1, 0.15) is 0 Å². The summed E-state index contributed by atoms with van der Waals surface area (Å²) in [4.78, 5) is 14.8. The van der Waals surface area contributed by atoms with Crippen molar-refractivity contribution in [1.82, 2.24) is 10.3 Å². The van der Waals surface area contributed by atoms with Crippen LogP contribution in [0.4, 0.5) is 10.5 Å². The normalized spacial score (nSPS) is 12.4. The van der Waals surface area contributed by atoms with Gasteiger partial charge in [-0.3, -0.25) is 0 Å². The van der Waals surface area contributed by atoms with E-state index in [0.717, 1.165) is 23.0 Å². The molecule has 0 bridgehead atoms. The largest absolute Gasteiger partial charge is 0.359 e. The number of nitrogens with one attached hydrogen (secondary N) is 3. The summed E-state index contributed by atoms with van der Waals surface area (Å²) in [6.07, 6.45) is 2.72. The fourth-order valence-corrected chi connectivity index (χ4v) is 1.66. The van der Waals surface area contributed by atoms with E-state index in [2.05, 4.69) is 15.6 Å². The van der Waals surface area contributed by atoms with Crippen LogP contribution in [-0.4, -0.2) is 17.1 Å². The second-order valence-corrected chi connectivity index (χ2v) is 4.16. The molecular formula is C13H17N3O. The first-order chi connectivity index (χ1) is 8.20. The summed E-state index contributed by atoms with van der Waals surface area (Å²) in [6, 6.07) is 7.89. The highest BCUT2D eigenvalue weighted by atomic mass is 16.2. The van der Waals surface area contributed by atoms with E-state index in [1.54, 1.807) is 6.20 Å². The van der Waals surface area contributed by atoms with E-state index in [1.807, 2.05) is 38.1 Å². The number of aromatic nitrogens is 1. The Balaban J connectivity index is 2.11. The molecule has 1 aromatic heterocycles. The quantitative estimate of drug-likeness (QED) is 0.747. The van der Waals surface area contributed by atoms with Gasteiger partial charge in [-0.25, -0.2) is 4.79 Å². The van der Waals surface area contributed by atoms with Crippen molar-refractivity contribution in [3.8, 4) is 0 Å². The lowest BCUT2D eigenvalue weighted by molar-refractivity contribution is 0.249. The van der Waals surface area contributed by atoms with Gasteiger partial charge in [0.15, 0.2) is 0 Å². The number of benzene rings is 1. The monoisotopic (exact) mass is 231 g/mol. The highest BCUT2D eigenvalue weighted by Crippen LogP contribution is 2.22. The maximum absolute atomic E-state index is 11.7. The number of urea groups is 1. The SMILES string of the molecule is CC[C@H](C)NC(=O)Nc1c[nH]c2ccccc12. The van der Waals surface area contributed by atoms with E-state index < -0.39 is 0 Å². The van der Waals surface area contributed by atoms with E-state index in [0.29, 0.717) is 0 Å². The summed E-state index contributed by atoms with van der Waals surface area (Å²) in [5.41, 5.74) is 1.83. The van der Waals surface area contributed by atoms with E-state index >= 15 is 0 Å². The fourth-order valence-electron chi connectivity index (χ4n) is 1.66. The molecule has 0 radical (unpaired) electrons. The molecular weight excluding hydrogens is 214 g/mol. The second kappa shape index (κ2) is 4.91. The van der Waals surface area contributed by atoms with Gasteiger partial charge in [0, 0.05) is 23.1 Å². The summed E-state index contributed by atoms with van der Waals surface area (Å²) in [5, 5.41) is 6.74. The van der Waals surface area contributed by atoms with Crippen molar-refractivity contribution >= 4 is 22.6 Å². The van der Waals surface area contributed by atoms with Crippen molar-refractivity contribution in [2.24, 2.45) is 0 Å². The number of hydrogen-bond donors (Lipinski definition) is 3. The zero-order chi connectivity index (χ0) is 12.3. The first kappa shape index (κ1) is 11.5. The third kappa shape index (κ3) is 2.58. The van der Waals surface area contributed by atoms with Crippen LogP contribution in [-0.2, 0) is 0 Å². The van der Waals surface area contributed by atoms with Gasteiger partial charge in [-0.15, -0.1) is 0 Å². The number of para-hydroxylation sites is 1. The lowest BCUT2D eigenvalue weighted by Gasteiger charge is -2.11. The minimum absolute atomic E-state index is 0.163. The molecule has 90 valence electrons. The topological polar surface area (TPSA) is 56.9 Å². The molecule has 0 fully saturated rings. The molecule has 0 aliphatic rings. The van der Waals surface area contributed by atoms with Crippen LogP contribution in [0, 0.1) is 0 Å². The molecule has 1 atom stereocenters. The Morgan fingerprint density at radius 3 is 2.94 bits per heavy atom. The van der Waals surface area contributed by atoms with Crippen LogP contribution in [0.5, 0.6) is 0 Å². The number of anilines is 1. The van der Waals surface area contributed by atoms with Gasteiger partial charge >= 0.3 is 6.03 Å². The molecule has 3 N–H and O–H groups in total. The summed E-state index contributed by atoms with van der Waals surface area (Å²) in [5.74, 6) is 0. The maximum Gasteiger partial charge on any atom is 0.319 e. The van der Waals surface area contributed by atoms with Crippen molar-refractivity contribution < 1.29 is 4.79 Å². The van der Waals surface area contributed by atoms with E-state index in [1.165, 1.54) is 0 Å². The predicted octanol–water partition coefficient (Wildman–Crippen LogP) is 3.09. The molecule has 2 rings (SSSR count). The number of H-pyrrole nitrogens is 1. The van der Waals surface area contributed by atoms with Crippen LogP contribution in [0.2, 0.25) is 0 Å². The highest BCUT2D eigenvalue weighted by Gasteiger charge is 2.08. The Morgan fingerprint density at radius 2 is 2.18 bits per heavy atom. The van der Waals surface area contributed by atoms with Crippen LogP contribution < -0.4 is 10.6 Å². The molecule has 2 amide bonds. The molecule has 0 spiro atoms. The Kier molecular flexibility index (Phi) is 3.32. The molecule has 4 heteroatoms. The van der Waals surface area contributed by atoms with E-state index in [4.69, 9.17) is 0 Å². The van der Waals surface area contributed by atoms with E-state index in [9.17, 15) is 4.79 Å². The zero-order valence-electron chi connectivity index (χ0n) is 10.1. The Morgan fingerprint density at radius 1 is 1.41 bits per heavy atom. The summed E-state index contributed by atoms with van der Waals surface area (Å²) >= 11 is 0. The number of amides is 2. The van der Waals surface area contributed by atoms with Crippen molar-refractivity contribution in [3.63, 3.8) is 0 Å². The molecule has 0 aliphatic carbocycles. The number of rotatable bonds is 3. The average molecular weight is 231 g/mol. The van der Waals surface area contributed by atoms with Crippen LogP contribution in [0.1, 0.15) is 20.3 Å². The first-order valence-corrected chi connectivity index (χ1v) is 5.84. The summed E-state index contributed by atoms with van der Waals surface area (Å²) in [7, 11) is 0. The number of carbonyl (C=O) groups excluding carboxylic acids is 1. The Bertz CT molecular complexity index is 518. The standard InChI is InChI=1S/C13H17N3O/c1-3-9(2)15-13(17)16-12-8-14-11-7-5-4-6-10(11)12/h4-9,14H,3H2,1-2H3,(H2,15,16,17)/t9-/m0/s1. The van der Waals surface area contributed by atoms with Gasteiger partial charge in [0.05, 0.1) is 5.69 Å². The highest BCUT2D eigenvalue weighted by molar-refractivity contribution is 6.00. The van der Waals surface area contributed by atoms with E-state index in [-0.39, 0.29) is 12.1 Å². The Labute approximate surface area is 100 Å². The zero-order valence-corrected chi connectivity index (χ0v) is 10.1.